The number of benzene rings is 2. The minimum Gasteiger partial charge on any atom is -0.492 e. The third-order valence-electron chi connectivity index (χ3n) is 4.39. The molecule has 0 fully saturated rings. The summed E-state index contributed by atoms with van der Waals surface area (Å²) in [5, 5.41) is 12.3. The van der Waals surface area contributed by atoms with Gasteiger partial charge in [-0.25, -0.2) is 14.4 Å². The Morgan fingerprint density at radius 2 is 1.76 bits per heavy atom. The Hall–Kier alpha value is -3.48. The lowest BCUT2D eigenvalue weighted by molar-refractivity contribution is -0.137. The van der Waals surface area contributed by atoms with Gasteiger partial charge in [-0.2, -0.15) is 0 Å². The number of ether oxygens (including phenoxy) is 1. The van der Waals surface area contributed by atoms with Gasteiger partial charge in [-0.15, -0.1) is 0 Å². The molecule has 2 N–H and O–H groups in total. The molecule has 7 heteroatoms. The van der Waals surface area contributed by atoms with Gasteiger partial charge in [0.1, 0.15) is 18.2 Å². The Morgan fingerprint density at radius 3 is 2.41 bits per heavy atom. The number of nitrogens with one attached hydrogen (secondary N) is 1. The molecule has 0 bridgehead atoms. The molecule has 0 aliphatic carbocycles. The highest BCUT2D eigenvalue weighted by molar-refractivity contribution is 5.68. The van der Waals surface area contributed by atoms with Gasteiger partial charge < -0.3 is 15.2 Å². The summed E-state index contributed by atoms with van der Waals surface area (Å²) in [4.78, 5) is 19.4. The summed E-state index contributed by atoms with van der Waals surface area (Å²) in [6.45, 7) is 1.02. The largest absolute Gasteiger partial charge is 0.492 e. The predicted molar refractivity (Wildman–Crippen MR) is 108 cm³/mol. The Kier molecular flexibility index (Phi) is 7.10. The lowest BCUT2D eigenvalue weighted by Gasteiger charge is -2.16. The normalized spacial score (nSPS) is 11.6. The first-order chi connectivity index (χ1) is 14.1. The van der Waals surface area contributed by atoms with Crippen LogP contribution in [0.3, 0.4) is 0 Å². The monoisotopic (exact) mass is 395 g/mol. The lowest BCUT2D eigenvalue weighted by atomic mass is 9.89. The highest BCUT2D eigenvalue weighted by atomic mass is 19.1. The average Bonchev–Trinajstić information content (AvgIpc) is 2.73. The van der Waals surface area contributed by atoms with Crippen LogP contribution in [0.1, 0.15) is 23.5 Å². The fraction of sp³-hybridized carbons (Fsp3) is 0.227. The van der Waals surface area contributed by atoms with Crippen LogP contribution in [0.2, 0.25) is 0 Å². The first kappa shape index (κ1) is 20.3. The second kappa shape index (κ2) is 10.2. The Morgan fingerprint density at radius 1 is 1.07 bits per heavy atom. The molecule has 6 nitrogen and oxygen atoms in total. The van der Waals surface area contributed by atoms with Crippen LogP contribution in [0.5, 0.6) is 5.75 Å². The van der Waals surface area contributed by atoms with Gasteiger partial charge in [0.2, 0.25) is 5.95 Å². The molecule has 0 spiro atoms. The molecule has 3 rings (SSSR count). The summed E-state index contributed by atoms with van der Waals surface area (Å²) in [6, 6.07) is 15.3. The van der Waals surface area contributed by atoms with Gasteiger partial charge >= 0.3 is 5.97 Å². The van der Waals surface area contributed by atoms with Gasteiger partial charge in [-0.1, -0.05) is 24.3 Å². The second-order valence-electron chi connectivity index (χ2n) is 6.54. The van der Waals surface area contributed by atoms with Crippen LogP contribution in [0.15, 0.2) is 67.0 Å². The molecular weight excluding hydrogens is 373 g/mol. The standard InChI is InChI=1S/C22H22FN3O3/c23-19-6-4-17(5-7-19)18(15-21(27)28)14-16-2-8-20(9-3-16)29-13-12-26-22-24-10-1-11-25-22/h1-11,18H,12-15H2,(H,27,28)(H,24,25,26). The predicted octanol–water partition coefficient (Wildman–Crippen LogP) is 3.91. The van der Waals surface area contributed by atoms with Crippen molar-refractivity contribution < 1.29 is 19.0 Å². The van der Waals surface area contributed by atoms with Crippen molar-refractivity contribution in [1.82, 2.24) is 9.97 Å². The highest BCUT2D eigenvalue weighted by Crippen LogP contribution is 2.26. The highest BCUT2D eigenvalue weighted by Gasteiger charge is 2.16. The summed E-state index contributed by atoms with van der Waals surface area (Å²) in [5.41, 5.74) is 1.80. The molecule has 0 aliphatic heterocycles. The van der Waals surface area contributed by atoms with Gasteiger partial charge in [-0.3, -0.25) is 4.79 Å². The SMILES string of the molecule is O=C(O)CC(Cc1ccc(OCCNc2ncccn2)cc1)c1ccc(F)cc1. The summed E-state index contributed by atoms with van der Waals surface area (Å²) in [5.74, 6) is -0.167. The summed E-state index contributed by atoms with van der Waals surface area (Å²) >= 11 is 0. The number of carboxylic acids is 1. The molecule has 1 atom stereocenters. The molecule has 3 aromatic rings. The van der Waals surface area contributed by atoms with Crippen LogP contribution in [0.25, 0.3) is 0 Å². The molecule has 0 radical (unpaired) electrons. The smallest absolute Gasteiger partial charge is 0.303 e. The van der Waals surface area contributed by atoms with E-state index in [0.29, 0.717) is 25.5 Å². The number of nitrogens with zero attached hydrogens (tertiary/aromatic N) is 2. The number of halogens is 1. The number of aromatic nitrogens is 2. The Balaban J connectivity index is 1.53. The van der Waals surface area contributed by atoms with Crippen molar-refractivity contribution in [3.05, 3.63) is 83.9 Å². The van der Waals surface area contributed by atoms with Gasteiger partial charge in [-0.05, 0) is 53.8 Å². The van der Waals surface area contributed by atoms with Crippen LogP contribution >= 0.6 is 0 Å². The fourth-order valence-corrected chi connectivity index (χ4v) is 2.98. The molecule has 0 saturated carbocycles. The average molecular weight is 395 g/mol. The van der Waals surface area contributed by atoms with Crippen molar-refractivity contribution in [3.8, 4) is 5.75 Å². The molecule has 29 heavy (non-hydrogen) atoms. The van der Waals surface area contributed by atoms with Crippen molar-refractivity contribution in [2.45, 2.75) is 18.8 Å². The van der Waals surface area contributed by atoms with Gasteiger partial charge in [0.15, 0.2) is 0 Å². The third kappa shape index (κ3) is 6.57. The third-order valence-corrected chi connectivity index (χ3v) is 4.39. The van der Waals surface area contributed by atoms with Crippen LogP contribution < -0.4 is 10.1 Å². The minimum absolute atomic E-state index is 0.0168. The number of anilines is 1. The topological polar surface area (TPSA) is 84.3 Å². The van der Waals surface area contributed by atoms with E-state index in [2.05, 4.69) is 15.3 Å². The minimum atomic E-state index is -0.880. The zero-order chi connectivity index (χ0) is 20.5. The van der Waals surface area contributed by atoms with Crippen molar-refractivity contribution >= 4 is 11.9 Å². The lowest BCUT2D eigenvalue weighted by Crippen LogP contribution is -2.13. The maximum Gasteiger partial charge on any atom is 0.303 e. The van der Waals surface area contributed by atoms with E-state index in [1.165, 1.54) is 12.1 Å². The van der Waals surface area contributed by atoms with Crippen LogP contribution in [-0.2, 0) is 11.2 Å². The van der Waals surface area contributed by atoms with Gasteiger partial charge in [0.05, 0.1) is 13.0 Å². The van der Waals surface area contributed by atoms with Crippen molar-refractivity contribution in [1.29, 1.82) is 0 Å². The van der Waals surface area contributed by atoms with Crippen molar-refractivity contribution in [2.75, 3.05) is 18.5 Å². The van der Waals surface area contributed by atoms with Crippen molar-refractivity contribution in [2.24, 2.45) is 0 Å². The van der Waals surface area contributed by atoms with E-state index in [1.807, 2.05) is 24.3 Å². The molecule has 1 unspecified atom stereocenters. The zero-order valence-electron chi connectivity index (χ0n) is 15.8. The summed E-state index contributed by atoms with van der Waals surface area (Å²) in [7, 11) is 0. The number of carboxylic acid groups (broad SMARTS) is 1. The molecule has 0 aliphatic rings. The quantitative estimate of drug-likeness (QED) is 0.507. The van der Waals surface area contributed by atoms with Gasteiger partial charge in [0.25, 0.3) is 0 Å². The van der Waals surface area contributed by atoms with E-state index >= 15 is 0 Å². The number of carbonyl (C=O) groups is 1. The first-order valence-electron chi connectivity index (χ1n) is 9.30. The van der Waals surface area contributed by atoms with Gasteiger partial charge in [0, 0.05) is 12.4 Å². The maximum absolute atomic E-state index is 13.2. The fourth-order valence-electron chi connectivity index (χ4n) is 2.98. The Bertz CT molecular complexity index is 903. The van der Waals surface area contributed by atoms with Crippen LogP contribution in [0.4, 0.5) is 10.3 Å². The molecule has 0 amide bonds. The van der Waals surface area contributed by atoms with E-state index < -0.39 is 5.97 Å². The number of hydrogen-bond acceptors (Lipinski definition) is 5. The first-order valence-corrected chi connectivity index (χ1v) is 9.30. The van der Waals surface area contributed by atoms with E-state index in [-0.39, 0.29) is 18.2 Å². The van der Waals surface area contributed by atoms with Crippen LogP contribution in [0, 0.1) is 5.82 Å². The molecule has 0 saturated heterocycles. The molecule has 1 heterocycles. The molecule has 1 aromatic heterocycles. The van der Waals surface area contributed by atoms with Crippen LogP contribution in [-0.4, -0.2) is 34.2 Å². The molecule has 150 valence electrons. The number of aliphatic carboxylic acids is 1. The molecular formula is C22H22FN3O3. The number of rotatable bonds is 10. The molecule has 2 aromatic carbocycles. The summed E-state index contributed by atoms with van der Waals surface area (Å²) in [6.07, 6.45) is 3.86. The van der Waals surface area contributed by atoms with E-state index in [9.17, 15) is 14.3 Å². The van der Waals surface area contributed by atoms with E-state index in [4.69, 9.17) is 4.74 Å². The van der Waals surface area contributed by atoms with E-state index in [0.717, 1.165) is 16.9 Å². The number of hydrogen-bond donors (Lipinski definition) is 2. The van der Waals surface area contributed by atoms with Crippen molar-refractivity contribution in [3.63, 3.8) is 0 Å². The maximum atomic E-state index is 13.2. The zero-order valence-corrected chi connectivity index (χ0v) is 15.8. The second-order valence-corrected chi connectivity index (χ2v) is 6.54. The van der Waals surface area contributed by atoms with E-state index in [1.54, 1.807) is 30.6 Å². The summed E-state index contributed by atoms with van der Waals surface area (Å²) < 4.78 is 18.9. The Labute approximate surface area is 168 Å².